The van der Waals surface area contributed by atoms with E-state index in [9.17, 15) is 0 Å². The molecule has 1 aromatic heterocycles. The third kappa shape index (κ3) is 4.02. The lowest BCUT2D eigenvalue weighted by Crippen LogP contribution is -2.34. The second-order valence-corrected chi connectivity index (χ2v) is 7.26. The van der Waals surface area contributed by atoms with Crippen LogP contribution in [-0.2, 0) is 5.54 Å². The maximum atomic E-state index is 6.36. The van der Waals surface area contributed by atoms with Crippen LogP contribution in [0.5, 0.6) is 11.5 Å². The van der Waals surface area contributed by atoms with E-state index in [1.807, 2.05) is 26.0 Å². The zero-order valence-corrected chi connectivity index (χ0v) is 16.0. The van der Waals surface area contributed by atoms with Crippen LogP contribution in [0.4, 0.5) is 0 Å². The molecule has 1 saturated carbocycles. The molecule has 0 radical (unpaired) electrons. The summed E-state index contributed by atoms with van der Waals surface area (Å²) in [6.45, 7) is 3.87. The van der Waals surface area contributed by atoms with Crippen molar-refractivity contribution in [1.29, 1.82) is 0 Å². The van der Waals surface area contributed by atoms with E-state index in [0.717, 1.165) is 31.2 Å². The number of benzene rings is 1. The third-order valence-electron chi connectivity index (χ3n) is 4.41. The first-order chi connectivity index (χ1) is 12.4. The minimum Gasteiger partial charge on any atom is -0.493 e. The summed E-state index contributed by atoms with van der Waals surface area (Å²) in [5.41, 5.74) is 6.74. The average Bonchev–Trinajstić information content (AvgIpc) is 3.24. The van der Waals surface area contributed by atoms with Crippen LogP contribution in [-0.4, -0.2) is 23.4 Å². The molecule has 1 heterocycles. The lowest BCUT2D eigenvalue weighted by molar-refractivity contribution is 0.230. The number of nitrogens with zero attached hydrogens (tertiary/aromatic N) is 2. The maximum absolute atomic E-state index is 6.36. The molecule has 1 aliphatic carbocycles. The number of ether oxygens (including phenoxy) is 2. The Morgan fingerprint density at radius 2 is 2.00 bits per heavy atom. The Kier molecular flexibility index (Phi) is 5.53. The largest absolute Gasteiger partial charge is 0.493 e. The SMILES string of the molecule is COc1cc(/C=C/c2nc(C3(N)CCCC3)no2)cc(Cl)c1OC(C)C. The molecule has 140 valence electrons. The molecule has 0 aliphatic heterocycles. The second-order valence-electron chi connectivity index (χ2n) is 6.85. The van der Waals surface area contributed by atoms with Gasteiger partial charge in [0.2, 0.25) is 0 Å². The van der Waals surface area contributed by atoms with E-state index >= 15 is 0 Å². The van der Waals surface area contributed by atoms with Gasteiger partial charge in [-0.1, -0.05) is 29.6 Å². The van der Waals surface area contributed by atoms with Crippen molar-refractivity contribution in [1.82, 2.24) is 10.1 Å². The molecule has 6 nitrogen and oxygen atoms in total. The lowest BCUT2D eigenvalue weighted by atomic mass is 9.99. The number of hydrogen-bond acceptors (Lipinski definition) is 6. The molecule has 0 amide bonds. The second kappa shape index (κ2) is 7.68. The summed E-state index contributed by atoms with van der Waals surface area (Å²) in [4.78, 5) is 4.42. The zero-order chi connectivity index (χ0) is 18.7. The van der Waals surface area contributed by atoms with Crippen molar-refractivity contribution >= 4 is 23.8 Å². The molecule has 0 saturated heterocycles. The molecule has 1 aromatic carbocycles. The fourth-order valence-electron chi connectivity index (χ4n) is 3.09. The summed E-state index contributed by atoms with van der Waals surface area (Å²) in [7, 11) is 1.58. The topological polar surface area (TPSA) is 83.4 Å². The standard InChI is InChI=1S/C19H24ClN3O3/c1-12(2)25-17-14(20)10-13(11-15(17)24-3)6-7-16-22-18(23-26-16)19(21)8-4-5-9-19/h6-7,10-12H,4-5,8-9,21H2,1-3H3/b7-6+. The Labute approximate surface area is 158 Å². The number of nitrogens with two attached hydrogens (primary N) is 1. The van der Waals surface area contributed by atoms with E-state index in [-0.39, 0.29) is 6.10 Å². The molecule has 2 aromatic rings. The molecular formula is C19H24ClN3O3. The first kappa shape index (κ1) is 18.7. The molecule has 1 aliphatic rings. The molecule has 0 atom stereocenters. The predicted octanol–water partition coefficient (Wildman–Crippen LogP) is 4.42. The van der Waals surface area contributed by atoms with Crippen LogP contribution in [0.3, 0.4) is 0 Å². The number of aromatic nitrogens is 2. The minimum atomic E-state index is -0.460. The zero-order valence-electron chi connectivity index (χ0n) is 15.3. The molecule has 7 heteroatoms. The highest BCUT2D eigenvalue weighted by molar-refractivity contribution is 6.32. The number of halogens is 1. The van der Waals surface area contributed by atoms with Gasteiger partial charge in [0, 0.05) is 6.08 Å². The van der Waals surface area contributed by atoms with Crippen LogP contribution in [0.2, 0.25) is 5.02 Å². The van der Waals surface area contributed by atoms with Crippen molar-refractivity contribution in [3.8, 4) is 11.5 Å². The van der Waals surface area contributed by atoms with Gasteiger partial charge in [-0.3, -0.25) is 0 Å². The summed E-state index contributed by atoms with van der Waals surface area (Å²) >= 11 is 6.34. The van der Waals surface area contributed by atoms with E-state index in [4.69, 9.17) is 31.3 Å². The first-order valence-electron chi connectivity index (χ1n) is 8.76. The molecule has 2 N–H and O–H groups in total. The molecule has 0 unspecified atom stereocenters. The summed E-state index contributed by atoms with van der Waals surface area (Å²) in [5, 5.41) is 4.53. The number of methoxy groups -OCH3 is 1. The maximum Gasteiger partial charge on any atom is 0.250 e. The predicted molar refractivity (Wildman–Crippen MR) is 101 cm³/mol. The van der Waals surface area contributed by atoms with Gasteiger partial charge in [0.05, 0.1) is 23.8 Å². The minimum absolute atomic E-state index is 0.00113. The summed E-state index contributed by atoms with van der Waals surface area (Å²) < 4.78 is 16.4. The molecule has 0 bridgehead atoms. The number of hydrogen-bond donors (Lipinski definition) is 1. The van der Waals surface area contributed by atoms with Crippen LogP contribution in [0.15, 0.2) is 16.7 Å². The molecule has 3 rings (SSSR count). The van der Waals surface area contributed by atoms with Crippen molar-refractivity contribution in [3.63, 3.8) is 0 Å². The van der Waals surface area contributed by atoms with Crippen molar-refractivity contribution in [2.75, 3.05) is 7.11 Å². The summed E-state index contributed by atoms with van der Waals surface area (Å²) in [5.74, 6) is 2.09. The quantitative estimate of drug-likeness (QED) is 0.802. The Bertz CT molecular complexity index is 795. The molecule has 0 spiro atoms. The highest BCUT2D eigenvalue weighted by atomic mass is 35.5. The fraction of sp³-hybridized carbons (Fsp3) is 0.474. The Hall–Kier alpha value is -2.05. The van der Waals surface area contributed by atoms with Crippen LogP contribution < -0.4 is 15.2 Å². The van der Waals surface area contributed by atoms with Gasteiger partial charge in [0.25, 0.3) is 5.89 Å². The van der Waals surface area contributed by atoms with Crippen LogP contribution in [0, 0.1) is 0 Å². The monoisotopic (exact) mass is 377 g/mol. The summed E-state index contributed by atoms with van der Waals surface area (Å²) in [6, 6.07) is 3.65. The van der Waals surface area contributed by atoms with Crippen molar-refractivity contribution in [2.24, 2.45) is 5.73 Å². The van der Waals surface area contributed by atoms with Gasteiger partial charge in [-0.25, -0.2) is 0 Å². The first-order valence-corrected chi connectivity index (χ1v) is 9.14. The van der Waals surface area contributed by atoms with Gasteiger partial charge in [0.15, 0.2) is 17.3 Å². The van der Waals surface area contributed by atoms with Gasteiger partial charge >= 0.3 is 0 Å². The van der Waals surface area contributed by atoms with E-state index in [0.29, 0.717) is 28.2 Å². The Morgan fingerprint density at radius 3 is 2.65 bits per heavy atom. The van der Waals surface area contributed by atoms with E-state index in [1.165, 1.54) is 0 Å². The fourth-order valence-corrected chi connectivity index (χ4v) is 3.35. The van der Waals surface area contributed by atoms with Gasteiger partial charge in [0.1, 0.15) is 0 Å². The smallest absolute Gasteiger partial charge is 0.250 e. The highest BCUT2D eigenvalue weighted by Crippen LogP contribution is 2.38. The van der Waals surface area contributed by atoms with Crippen LogP contribution >= 0.6 is 11.6 Å². The van der Waals surface area contributed by atoms with Gasteiger partial charge in [-0.15, -0.1) is 0 Å². The Balaban J connectivity index is 1.80. The van der Waals surface area contributed by atoms with Crippen molar-refractivity contribution < 1.29 is 14.0 Å². The van der Waals surface area contributed by atoms with E-state index in [2.05, 4.69) is 10.1 Å². The molecule has 26 heavy (non-hydrogen) atoms. The van der Waals surface area contributed by atoms with Crippen molar-refractivity contribution in [2.45, 2.75) is 51.2 Å². The number of rotatable bonds is 6. The Morgan fingerprint density at radius 1 is 1.27 bits per heavy atom. The van der Waals surface area contributed by atoms with Crippen LogP contribution in [0.25, 0.3) is 12.2 Å². The van der Waals surface area contributed by atoms with Gasteiger partial charge < -0.3 is 19.7 Å². The van der Waals surface area contributed by atoms with Gasteiger partial charge in [-0.2, -0.15) is 4.98 Å². The average molecular weight is 378 g/mol. The van der Waals surface area contributed by atoms with Crippen LogP contribution in [0.1, 0.15) is 56.8 Å². The van der Waals surface area contributed by atoms with E-state index < -0.39 is 5.54 Å². The molecular weight excluding hydrogens is 354 g/mol. The van der Waals surface area contributed by atoms with Crippen molar-refractivity contribution in [3.05, 3.63) is 34.4 Å². The normalized spacial score (nSPS) is 16.5. The lowest BCUT2D eigenvalue weighted by Gasteiger charge is -2.17. The van der Waals surface area contributed by atoms with Gasteiger partial charge in [-0.05, 0) is 50.5 Å². The summed E-state index contributed by atoms with van der Waals surface area (Å²) in [6.07, 6.45) is 7.54. The molecule has 1 fully saturated rings. The third-order valence-corrected chi connectivity index (χ3v) is 4.69. The highest BCUT2D eigenvalue weighted by Gasteiger charge is 2.35. The van der Waals surface area contributed by atoms with E-state index in [1.54, 1.807) is 19.3 Å².